The largest absolute Gasteiger partial charge is 0.394 e. The van der Waals surface area contributed by atoms with E-state index in [2.05, 4.69) is 11.8 Å². The first kappa shape index (κ1) is 14.2. The van der Waals surface area contributed by atoms with Crippen LogP contribution in [0.1, 0.15) is 22.8 Å². The first-order valence-corrected chi connectivity index (χ1v) is 5.77. The van der Waals surface area contributed by atoms with Crippen LogP contribution in [0.5, 0.6) is 0 Å². The van der Waals surface area contributed by atoms with E-state index in [1.807, 2.05) is 0 Å². The third-order valence-corrected chi connectivity index (χ3v) is 2.71. The summed E-state index contributed by atoms with van der Waals surface area (Å²) in [7, 11) is 1.67. The smallest absolute Gasteiger partial charge is 0.253 e. The van der Waals surface area contributed by atoms with Crippen molar-refractivity contribution in [1.29, 1.82) is 0 Å². The standard InChI is InChI=1S/C14H18N2O2/c1-11(10-17)16(2)14(18)13-7-5-12(6-8-13)4-3-9-15/h5-8,11,17H,9-10,15H2,1-2H3. The number of likely N-dealkylation sites (N-methyl/N-ethyl adjacent to an activating group) is 1. The first-order valence-electron chi connectivity index (χ1n) is 5.77. The molecule has 1 rings (SSSR count). The van der Waals surface area contributed by atoms with Crippen molar-refractivity contribution in [3.63, 3.8) is 0 Å². The molecular formula is C14H18N2O2. The minimum atomic E-state index is -0.200. The fraction of sp³-hybridized carbons (Fsp3) is 0.357. The predicted molar refractivity (Wildman–Crippen MR) is 71.0 cm³/mol. The number of nitrogens with zero attached hydrogens (tertiary/aromatic N) is 1. The van der Waals surface area contributed by atoms with Gasteiger partial charge in [0.15, 0.2) is 0 Å². The van der Waals surface area contributed by atoms with E-state index in [0.717, 1.165) is 5.56 Å². The van der Waals surface area contributed by atoms with Gasteiger partial charge in [-0.2, -0.15) is 0 Å². The van der Waals surface area contributed by atoms with Gasteiger partial charge in [-0.15, -0.1) is 0 Å². The van der Waals surface area contributed by atoms with Crippen LogP contribution in [-0.2, 0) is 0 Å². The van der Waals surface area contributed by atoms with E-state index in [1.54, 1.807) is 38.2 Å². The molecule has 4 nitrogen and oxygen atoms in total. The maximum atomic E-state index is 12.0. The summed E-state index contributed by atoms with van der Waals surface area (Å²) in [5.41, 5.74) is 6.69. The Morgan fingerprint density at radius 1 is 1.44 bits per heavy atom. The van der Waals surface area contributed by atoms with Crippen LogP contribution in [0.2, 0.25) is 0 Å². The van der Waals surface area contributed by atoms with Gasteiger partial charge in [0.1, 0.15) is 0 Å². The number of rotatable bonds is 3. The van der Waals surface area contributed by atoms with Gasteiger partial charge in [-0.25, -0.2) is 0 Å². The lowest BCUT2D eigenvalue weighted by Gasteiger charge is -2.23. The summed E-state index contributed by atoms with van der Waals surface area (Å²) in [6, 6.07) is 6.82. The monoisotopic (exact) mass is 246 g/mol. The number of aliphatic hydroxyl groups is 1. The van der Waals surface area contributed by atoms with Gasteiger partial charge in [-0.3, -0.25) is 4.79 Å². The second kappa shape index (κ2) is 6.80. The Bertz CT molecular complexity index is 457. The van der Waals surface area contributed by atoms with Crippen molar-refractivity contribution in [2.24, 2.45) is 5.73 Å². The summed E-state index contributed by atoms with van der Waals surface area (Å²) < 4.78 is 0. The second-order valence-electron chi connectivity index (χ2n) is 4.03. The van der Waals surface area contributed by atoms with E-state index in [9.17, 15) is 4.79 Å². The number of nitrogens with two attached hydrogens (primary N) is 1. The molecule has 0 fully saturated rings. The number of aliphatic hydroxyl groups excluding tert-OH is 1. The summed E-state index contributed by atoms with van der Waals surface area (Å²) in [5.74, 6) is 5.53. The molecule has 1 atom stereocenters. The van der Waals surface area contributed by atoms with E-state index in [-0.39, 0.29) is 18.6 Å². The van der Waals surface area contributed by atoms with Crippen molar-refractivity contribution < 1.29 is 9.90 Å². The molecule has 1 aromatic rings. The Labute approximate surface area is 107 Å². The molecule has 4 heteroatoms. The van der Waals surface area contributed by atoms with Gasteiger partial charge in [-0.05, 0) is 31.2 Å². The fourth-order valence-corrected chi connectivity index (χ4v) is 1.38. The average molecular weight is 246 g/mol. The average Bonchev–Trinajstić information content (AvgIpc) is 2.43. The van der Waals surface area contributed by atoms with E-state index >= 15 is 0 Å². The van der Waals surface area contributed by atoms with Crippen molar-refractivity contribution in [2.75, 3.05) is 20.2 Å². The molecule has 0 radical (unpaired) electrons. The minimum absolute atomic E-state index is 0.0533. The molecule has 0 aliphatic heterocycles. The minimum Gasteiger partial charge on any atom is -0.394 e. The van der Waals surface area contributed by atoms with Crippen molar-refractivity contribution in [3.8, 4) is 11.8 Å². The van der Waals surface area contributed by atoms with Gasteiger partial charge >= 0.3 is 0 Å². The van der Waals surface area contributed by atoms with Crippen LogP contribution in [0.3, 0.4) is 0 Å². The summed E-state index contributed by atoms with van der Waals surface area (Å²) in [6.07, 6.45) is 0. The van der Waals surface area contributed by atoms with Gasteiger partial charge in [0.25, 0.3) is 5.91 Å². The summed E-state index contributed by atoms with van der Waals surface area (Å²) in [5, 5.41) is 9.02. The number of carbonyl (C=O) groups excluding carboxylic acids is 1. The quantitative estimate of drug-likeness (QED) is 0.761. The van der Waals surface area contributed by atoms with Crippen molar-refractivity contribution in [3.05, 3.63) is 35.4 Å². The normalized spacial score (nSPS) is 11.3. The highest BCUT2D eigenvalue weighted by atomic mass is 16.3. The Morgan fingerprint density at radius 2 is 2.06 bits per heavy atom. The summed E-state index contributed by atoms with van der Waals surface area (Å²) in [6.45, 7) is 2.05. The van der Waals surface area contributed by atoms with Crippen molar-refractivity contribution in [2.45, 2.75) is 13.0 Å². The van der Waals surface area contributed by atoms with Crippen LogP contribution < -0.4 is 5.73 Å². The van der Waals surface area contributed by atoms with Crippen LogP contribution in [0.15, 0.2) is 24.3 Å². The molecule has 0 aliphatic rings. The van der Waals surface area contributed by atoms with E-state index in [0.29, 0.717) is 12.1 Å². The van der Waals surface area contributed by atoms with Crippen molar-refractivity contribution >= 4 is 5.91 Å². The second-order valence-corrected chi connectivity index (χ2v) is 4.03. The molecular weight excluding hydrogens is 228 g/mol. The highest BCUT2D eigenvalue weighted by Gasteiger charge is 2.16. The van der Waals surface area contributed by atoms with E-state index in [4.69, 9.17) is 10.8 Å². The zero-order valence-electron chi connectivity index (χ0n) is 10.7. The van der Waals surface area contributed by atoms with Gasteiger partial charge in [-0.1, -0.05) is 11.8 Å². The van der Waals surface area contributed by atoms with Crippen LogP contribution >= 0.6 is 0 Å². The van der Waals surface area contributed by atoms with Gasteiger partial charge in [0, 0.05) is 18.2 Å². The zero-order valence-corrected chi connectivity index (χ0v) is 10.7. The van der Waals surface area contributed by atoms with E-state index < -0.39 is 0 Å². The van der Waals surface area contributed by atoms with Gasteiger partial charge in [0.2, 0.25) is 0 Å². The molecule has 0 saturated heterocycles. The highest BCUT2D eigenvalue weighted by molar-refractivity contribution is 5.94. The molecule has 3 N–H and O–H groups in total. The highest BCUT2D eigenvalue weighted by Crippen LogP contribution is 2.08. The predicted octanol–water partition coefficient (Wildman–Crippen LogP) is 0.450. The summed E-state index contributed by atoms with van der Waals surface area (Å²) in [4.78, 5) is 13.5. The Balaban J connectivity index is 2.82. The zero-order chi connectivity index (χ0) is 13.5. The molecule has 0 heterocycles. The van der Waals surface area contributed by atoms with Crippen LogP contribution in [0, 0.1) is 11.8 Å². The Morgan fingerprint density at radius 3 is 2.56 bits per heavy atom. The third-order valence-electron chi connectivity index (χ3n) is 2.71. The maximum Gasteiger partial charge on any atom is 0.253 e. The number of hydrogen-bond donors (Lipinski definition) is 2. The lowest BCUT2D eigenvalue weighted by atomic mass is 10.1. The molecule has 96 valence electrons. The lowest BCUT2D eigenvalue weighted by molar-refractivity contribution is 0.0682. The summed E-state index contributed by atoms with van der Waals surface area (Å²) >= 11 is 0. The molecule has 1 aromatic carbocycles. The van der Waals surface area contributed by atoms with Crippen LogP contribution in [-0.4, -0.2) is 42.2 Å². The van der Waals surface area contributed by atoms with Crippen LogP contribution in [0.4, 0.5) is 0 Å². The SMILES string of the molecule is CC(CO)N(C)C(=O)c1ccc(C#CCN)cc1. The fourth-order valence-electron chi connectivity index (χ4n) is 1.38. The molecule has 0 bridgehead atoms. The Kier molecular flexibility index (Phi) is 5.37. The molecule has 0 spiro atoms. The molecule has 0 aliphatic carbocycles. The number of amides is 1. The molecule has 0 aromatic heterocycles. The topological polar surface area (TPSA) is 66.6 Å². The van der Waals surface area contributed by atoms with Gasteiger partial charge in [0.05, 0.1) is 19.2 Å². The number of carbonyl (C=O) groups is 1. The van der Waals surface area contributed by atoms with Gasteiger partial charge < -0.3 is 15.7 Å². The first-order chi connectivity index (χ1) is 8.60. The third kappa shape index (κ3) is 3.59. The molecule has 1 unspecified atom stereocenters. The van der Waals surface area contributed by atoms with Crippen LogP contribution in [0.25, 0.3) is 0 Å². The lowest BCUT2D eigenvalue weighted by Crippen LogP contribution is -2.37. The van der Waals surface area contributed by atoms with E-state index in [1.165, 1.54) is 4.90 Å². The molecule has 1 amide bonds. The molecule has 0 saturated carbocycles. The molecule has 18 heavy (non-hydrogen) atoms. The number of hydrogen-bond acceptors (Lipinski definition) is 3. The Hall–Kier alpha value is -1.83. The maximum absolute atomic E-state index is 12.0. The van der Waals surface area contributed by atoms with Crippen molar-refractivity contribution in [1.82, 2.24) is 4.90 Å². The number of benzene rings is 1.